The first-order valence-electron chi connectivity index (χ1n) is 6.12. The summed E-state index contributed by atoms with van der Waals surface area (Å²) in [5.41, 5.74) is -0.469. The van der Waals surface area contributed by atoms with Crippen LogP contribution in [0, 0.1) is 17.0 Å². The van der Waals surface area contributed by atoms with Crippen molar-refractivity contribution in [2.75, 3.05) is 6.61 Å². The average Bonchev–Trinajstić information content (AvgIpc) is 2.26. The molecule has 19 heavy (non-hydrogen) atoms. The minimum Gasteiger partial charge on any atom is -0.396 e. The number of carbonyl (C=O) groups is 1. The van der Waals surface area contributed by atoms with E-state index in [-0.39, 0.29) is 23.6 Å². The van der Waals surface area contributed by atoms with Crippen molar-refractivity contribution in [2.45, 2.75) is 33.2 Å². The van der Waals surface area contributed by atoms with Gasteiger partial charge in [0.1, 0.15) is 11.6 Å². The van der Waals surface area contributed by atoms with Gasteiger partial charge in [-0.1, -0.05) is 20.8 Å². The molecule has 0 heterocycles. The van der Waals surface area contributed by atoms with Crippen LogP contribution in [0.25, 0.3) is 0 Å². The smallest absolute Gasteiger partial charge is 0.254 e. The number of hydrogen-bond acceptors (Lipinski definition) is 2. The van der Waals surface area contributed by atoms with Gasteiger partial charge in [0.25, 0.3) is 5.91 Å². The zero-order chi connectivity index (χ0) is 14.6. The van der Waals surface area contributed by atoms with Crippen LogP contribution in [0.2, 0.25) is 0 Å². The molecular formula is C14H19F2NO2. The highest BCUT2D eigenvalue weighted by atomic mass is 19.1. The molecule has 0 aliphatic rings. The zero-order valence-corrected chi connectivity index (χ0v) is 11.3. The number of amides is 1. The van der Waals surface area contributed by atoms with Crippen LogP contribution in [0.5, 0.6) is 0 Å². The van der Waals surface area contributed by atoms with Crippen molar-refractivity contribution in [2.24, 2.45) is 5.41 Å². The maximum absolute atomic E-state index is 13.5. The molecule has 0 aliphatic heterocycles. The van der Waals surface area contributed by atoms with Crippen molar-refractivity contribution in [1.82, 2.24) is 5.32 Å². The predicted molar refractivity (Wildman–Crippen MR) is 68.8 cm³/mol. The molecular weight excluding hydrogens is 252 g/mol. The van der Waals surface area contributed by atoms with Crippen molar-refractivity contribution in [3.8, 4) is 0 Å². The van der Waals surface area contributed by atoms with Gasteiger partial charge in [-0.3, -0.25) is 4.79 Å². The van der Waals surface area contributed by atoms with E-state index in [1.54, 1.807) is 0 Å². The fourth-order valence-corrected chi connectivity index (χ4v) is 1.76. The summed E-state index contributed by atoms with van der Waals surface area (Å²) in [7, 11) is 0. The molecule has 106 valence electrons. The molecule has 0 aliphatic carbocycles. The number of nitrogens with one attached hydrogen (secondary N) is 1. The Labute approximate surface area is 111 Å². The number of aliphatic hydroxyl groups excluding tert-OH is 1. The molecule has 3 nitrogen and oxygen atoms in total. The van der Waals surface area contributed by atoms with Crippen LogP contribution in [0.15, 0.2) is 18.2 Å². The van der Waals surface area contributed by atoms with Crippen molar-refractivity contribution < 1.29 is 18.7 Å². The third-order valence-corrected chi connectivity index (χ3v) is 2.94. The third kappa shape index (κ3) is 4.28. The fraction of sp³-hybridized carbons (Fsp3) is 0.500. The summed E-state index contributed by atoms with van der Waals surface area (Å²) >= 11 is 0. The Morgan fingerprint density at radius 2 is 2.00 bits per heavy atom. The lowest BCUT2D eigenvalue weighted by atomic mass is 9.84. The van der Waals surface area contributed by atoms with Gasteiger partial charge in [0, 0.05) is 18.7 Å². The van der Waals surface area contributed by atoms with Gasteiger partial charge in [0.15, 0.2) is 0 Å². The Hall–Kier alpha value is -1.49. The normalized spacial score (nSPS) is 13.2. The molecule has 0 saturated carbocycles. The Bertz CT molecular complexity index is 455. The number of carbonyl (C=O) groups excluding carboxylic acids is 1. The lowest BCUT2D eigenvalue weighted by Crippen LogP contribution is -2.44. The van der Waals surface area contributed by atoms with E-state index in [0.29, 0.717) is 12.5 Å². The van der Waals surface area contributed by atoms with Crippen molar-refractivity contribution in [3.05, 3.63) is 35.4 Å². The summed E-state index contributed by atoms with van der Waals surface area (Å²) in [5, 5.41) is 11.7. The SMILES string of the molecule is CC(C)(C)C(CCO)NC(=O)c1ccc(F)cc1F. The quantitative estimate of drug-likeness (QED) is 0.884. The van der Waals surface area contributed by atoms with Gasteiger partial charge in [-0.25, -0.2) is 8.78 Å². The lowest BCUT2D eigenvalue weighted by molar-refractivity contribution is 0.0881. The van der Waals surface area contributed by atoms with Crippen LogP contribution in [0.1, 0.15) is 37.6 Å². The van der Waals surface area contributed by atoms with E-state index in [0.717, 1.165) is 12.1 Å². The van der Waals surface area contributed by atoms with E-state index in [1.807, 2.05) is 20.8 Å². The molecule has 0 bridgehead atoms. The minimum absolute atomic E-state index is 0.0753. The number of rotatable bonds is 4. The van der Waals surface area contributed by atoms with E-state index in [1.165, 1.54) is 0 Å². The second kappa shape index (κ2) is 6.10. The largest absolute Gasteiger partial charge is 0.396 e. The van der Waals surface area contributed by atoms with Crippen LogP contribution in [0.4, 0.5) is 8.78 Å². The number of benzene rings is 1. The van der Waals surface area contributed by atoms with Gasteiger partial charge < -0.3 is 10.4 Å². The molecule has 0 fully saturated rings. The third-order valence-electron chi connectivity index (χ3n) is 2.94. The Balaban J connectivity index is 2.88. The summed E-state index contributed by atoms with van der Waals surface area (Å²) in [6, 6.07) is 2.52. The van der Waals surface area contributed by atoms with E-state index in [4.69, 9.17) is 5.11 Å². The molecule has 0 aromatic heterocycles. The Kier molecular flexibility index (Phi) is 5.00. The van der Waals surface area contributed by atoms with Gasteiger partial charge in [-0.15, -0.1) is 0 Å². The fourth-order valence-electron chi connectivity index (χ4n) is 1.76. The van der Waals surface area contributed by atoms with Gasteiger partial charge in [0.2, 0.25) is 0 Å². The summed E-state index contributed by atoms with van der Waals surface area (Å²) in [6.45, 7) is 5.66. The van der Waals surface area contributed by atoms with E-state index >= 15 is 0 Å². The minimum atomic E-state index is -0.894. The molecule has 1 atom stereocenters. The molecule has 0 saturated heterocycles. The molecule has 1 unspecified atom stereocenters. The monoisotopic (exact) mass is 271 g/mol. The summed E-state index contributed by atoms with van der Waals surface area (Å²) in [5.74, 6) is -2.23. The first-order valence-corrected chi connectivity index (χ1v) is 6.12. The van der Waals surface area contributed by atoms with E-state index in [2.05, 4.69) is 5.32 Å². The highest BCUT2D eigenvalue weighted by molar-refractivity contribution is 5.94. The van der Waals surface area contributed by atoms with Crippen LogP contribution in [0.3, 0.4) is 0 Å². The first-order chi connectivity index (χ1) is 8.75. The van der Waals surface area contributed by atoms with Crippen LogP contribution < -0.4 is 5.32 Å². The van der Waals surface area contributed by atoms with E-state index < -0.39 is 17.5 Å². The molecule has 0 spiro atoms. The van der Waals surface area contributed by atoms with Gasteiger partial charge >= 0.3 is 0 Å². The maximum atomic E-state index is 13.5. The summed E-state index contributed by atoms with van der Waals surface area (Å²) < 4.78 is 26.3. The molecule has 0 radical (unpaired) electrons. The van der Waals surface area contributed by atoms with E-state index in [9.17, 15) is 13.6 Å². The molecule has 1 aromatic rings. The second-order valence-corrected chi connectivity index (χ2v) is 5.53. The number of hydrogen-bond donors (Lipinski definition) is 2. The van der Waals surface area contributed by atoms with Crippen LogP contribution in [-0.4, -0.2) is 23.7 Å². The standard InChI is InChI=1S/C14H19F2NO2/c1-14(2,3)12(6-7-18)17-13(19)10-5-4-9(15)8-11(10)16/h4-5,8,12,18H,6-7H2,1-3H3,(H,17,19). The topological polar surface area (TPSA) is 49.3 Å². The van der Waals surface area contributed by atoms with Gasteiger partial charge in [-0.05, 0) is 24.0 Å². The Morgan fingerprint density at radius 3 is 2.47 bits per heavy atom. The summed E-state index contributed by atoms with van der Waals surface area (Å²) in [6.07, 6.45) is 0.373. The molecule has 1 aromatic carbocycles. The van der Waals surface area contributed by atoms with Crippen LogP contribution in [-0.2, 0) is 0 Å². The summed E-state index contributed by atoms with van der Waals surface area (Å²) in [4.78, 5) is 12.0. The van der Waals surface area contributed by atoms with Crippen molar-refractivity contribution in [1.29, 1.82) is 0 Å². The average molecular weight is 271 g/mol. The van der Waals surface area contributed by atoms with Gasteiger partial charge in [0.05, 0.1) is 5.56 Å². The predicted octanol–water partition coefficient (Wildman–Crippen LogP) is 2.49. The van der Waals surface area contributed by atoms with Gasteiger partial charge in [-0.2, -0.15) is 0 Å². The Morgan fingerprint density at radius 1 is 1.37 bits per heavy atom. The second-order valence-electron chi connectivity index (χ2n) is 5.53. The van der Waals surface area contributed by atoms with Crippen molar-refractivity contribution >= 4 is 5.91 Å². The highest BCUT2D eigenvalue weighted by Gasteiger charge is 2.26. The first kappa shape index (κ1) is 15.6. The highest BCUT2D eigenvalue weighted by Crippen LogP contribution is 2.22. The number of aliphatic hydroxyl groups is 1. The molecule has 2 N–H and O–H groups in total. The number of halogens is 2. The van der Waals surface area contributed by atoms with Crippen molar-refractivity contribution in [3.63, 3.8) is 0 Å². The zero-order valence-electron chi connectivity index (χ0n) is 11.3. The molecule has 1 amide bonds. The lowest BCUT2D eigenvalue weighted by Gasteiger charge is -2.31. The maximum Gasteiger partial charge on any atom is 0.254 e. The van der Waals surface area contributed by atoms with Crippen LogP contribution >= 0.6 is 0 Å². The molecule has 5 heteroatoms. The molecule has 1 rings (SSSR count).